The van der Waals surface area contributed by atoms with Crippen molar-refractivity contribution in [1.82, 2.24) is 25.6 Å². The minimum atomic E-state index is -1.24. The monoisotopic (exact) mass is 305 g/mol. The Morgan fingerprint density at radius 1 is 1.04 bits per heavy atom. The molecule has 4 aromatic rings. The van der Waals surface area contributed by atoms with Crippen LogP contribution in [0.25, 0.3) is 22.2 Å². The molecule has 0 bridgehead atoms. The lowest BCUT2D eigenvalue weighted by Gasteiger charge is -2.22. The maximum absolute atomic E-state index is 11.0. The third-order valence-electron chi connectivity index (χ3n) is 4.07. The van der Waals surface area contributed by atoms with E-state index in [4.69, 9.17) is 0 Å². The number of aromatic amines is 2. The van der Waals surface area contributed by atoms with Gasteiger partial charge in [-0.2, -0.15) is 5.10 Å². The zero-order chi connectivity index (χ0) is 15.9. The molecule has 0 spiro atoms. The second-order valence-corrected chi connectivity index (χ2v) is 5.65. The molecule has 6 nitrogen and oxygen atoms in total. The van der Waals surface area contributed by atoms with Crippen molar-refractivity contribution >= 4 is 10.9 Å². The quantitative estimate of drug-likeness (QED) is 0.542. The first-order valence-electron chi connectivity index (χ1n) is 7.29. The predicted octanol–water partition coefficient (Wildman–Crippen LogP) is 2.60. The Labute approximate surface area is 132 Å². The minimum absolute atomic E-state index is 0.492. The van der Waals surface area contributed by atoms with E-state index < -0.39 is 5.60 Å². The number of rotatable bonds is 3. The second kappa shape index (κ2) is 5.03. The highest BCUT2D eigenvalue weighted by Gasteiger charge is 2.32. The molecule has 2 heterocycles. The summed E-state index contributed by atoms with van der Waals surface area (Å²) in [7, 11) is 0. The number of aromatic nitrogens is 5. The van der Waals surface area contributed by atoms with E-state index in [2.05, 4.69) is 25.6 Å². The van der Waals surface area contributed by atoms with E-state index in [1.807, 2.05) is 48.5 Å². The van der Waals surface area contributed by atoms with Gasteiger partial charge in [0.15, 0.2) is 0 Å². The highest BCUT2D eigenvalue weighted by Crippen LogP contribution is 2.34. The zero-order valence-corrected chi connectivity index (χ0v) is 12.5. The summed E-state index contributed by atoms with van der Waals surface area (Å²) >= 11 is 0. The summed E-state index contributed by atoms with van der Waals surface area (Å²) in [6.07, 6.45) is 1.76. The first kappa shape index (κ1) is 13.7. The third-order valence-corrected chi connectivity index (χ3v) is 4.07. The van der Waals surface area contributed by atoms with Crippen LogP contribution in [0.4, 0.5) is 0 Å². The van der Waals surface area contributed by atoms with Gasteiger partial charge in [-0.15, -0.1) is 5.10 Å². The zero-order valence-electron chi connectivity index (χ0n) is 12.5. The average molecular weight is 305 g/mol. The van der Waals surface area contributed by atoms with Crippen molar-refractivity contribution in [1.29, 1.82) is 0 Å². The molecule has 0 fully saturated rings. The molecule has 0 aliphatic carbocycles. The molecular formula is C17H15N5O. The Bertz CT molecular complexity index is 955. The van der Waals surface area contributed by atoms with Crippen molar-refractivity contribution < 1.29 is 5.11 Å². The molecule has 2 aromatic heterocycles. The van der Waals surface area contributed by atoms with Gasteiger partial charge in [0.25, 0.3) is 0 Å². The Morgan fingerprint density at radius 2 is 1.87 bits per heavy atom. The van der Waals surface area contributed by atoms with Crippen molar-refractivity contribution in [2.75, 3.05) is 0 Å². The number of hydrogen-bond acceptors (Lipinski definition) is 4. The fourth-order valence-corrected chi connectivity index (χ4v) is 2.77. The van der Waals surface area contributed by atoms with Gasteiger partial charge in [-0.05, 0) is 24.6 Å². The van der Waals surface area contributed by atoms with Crippen molar-refractivity contribution in [3.05, 3.63) is 66.0 Å². The van der Waals surface area contributed by atoms with E-state index in [1.165, 1.54) is 0 Å². The molecule has 0 amide bonds. The van der Waals surface area contributed by atoms with Gasteiger partial charge in [0.2, 0.25) is 0 Å². The van der Waals surface area contributed by atoms with Crippen LogP contribution in [-0.2, 0) is 5.60 Å². The van der Waals surface area contributed by atoms with Crippen LogP contribution in [0.15, 0.2) is 54.7 Å². The van der Waals surface area contributed by atoms with E-state index in [9.17, 15) is 5.11 Å². The van der Waals surface area contributed by atoms with Gasteiger partial charge < -0.3 is 5.11 Å². The fraction of sp³-hybridized carbons (Fsp3) is 0.118. The summed E-state index contributed by atoms with van der Waals surface area (Å²) < 4.78 is 0. The maximum atomic E-state index is 11.0. The Balaban J connectivity index is 1.85. The van der Waals surface area contributed by atoms with Crippen molar-refractivity contribution in [3.8, 4) is 11.3 Å². The molecule has 23 heavy (non-hydrogen) atoms. The molecule has 0 radical (unpaired) electrons. The smallest absolute Gasteiger partial charge is 0.133 e. The summed E-state index contributed by atoms with van der Waals surface area (Å²) in [6, 6.07) is 15.3. The van der Waals surface area contributed by atoms with Gasteiger partial charge in [0.05, 0.1) is 17.4 Å². The molecule has 1 atom stereocenters. The van der Waals surface area contributed by atoms with Gasteiger partial charge in [-0.1, -0.05) is 41.6 Å². The first-order valence-corrected chi connectivity index (χ1v) is 7.29. The lowest BCUT2D eigenvalue weighted by atomic mass is 9.90. The summed E-state index contributed by atoms with van der Waals surface area (Å²) in [5.74, 6) is 0. The first-order chi connectivity index (χ1) is 11.2. The van der Waals surface area contributed by atoms with Crippen LogP contribution in [0, 0.1) is 0 Å². The molecule has 2 aromatic carbocycles. The number of aliphatic hydroxyl groups is 1. The van der Waals surface area contributed by atoms with E-state index in [-0.39, 0.29) is 0 Å². The van der Waals surface area contributed by atoms with Crippen LogP contribution in [0.5, 0.6) is 0 Å². The van der Waals surface area contributed by atoms with E-state index in [0.717, 1.165) is 22.0 Å². The van der Waals surface area contributed by atoms with E-state index in [1.54, 1.807) is 13.1 Å². The van der Waals surface area contributed by atoms with Gasteiger partial charge in [-0.25, -0.2) is 0 Å². The summed E-state index contributed by atoms with van der Waals surface area (Å²) in [5, 5.41) is 29.9. The Morgan fingerprint density at radius 3 is 2.70 bits per heavy atom. The molecule has 0 aliphatic heterocycles. The van der Waals surface area contributed by atoms with Crippen LogP contribution in [0.1, 0.15) is 18.2 Å². The van der Waals surface area contributed by atoms with Crippen LogP contribution in [0.3, 0.4) is 0 Å². The van der Waals surface area contributed by atoms with Gasteiger partial charge in [0.1, 0.15) is 11.3 Å². The predicted molar refractivity (Wildman–Crippen MR) is 86.6 cm³/mol. The molecule has 3 N–H and O–H groups in total. The van der Waals surface area contributed by atoms with Crippen molar-refractivity contribution in [2.24, 2.45) is 0 Å². The highest BCUT2D eigenvalue weighted by molar-refractivity contribution is 5.83. The fourth-order valence-electron chi connectivity index (χ4n) is 2.77. The SMILES string of the molecule is CC(O)(c1ccccc1)c1nn[nH]c1-c1ccc2[nH]ncc2c1. The van der Waals surface area contributed by atoms with Crippen LogP contribution >= 0.6 is 0 Å². The molecule has 0 aliphatic rings. The summed E-state index contributed by atoms with van der Waals surface area (Å²) in [4.78, 5) is 0. The summed E-state index contributed by atoms with van der Waals surface area (Å²) in [6.45, 7) is 1.72. The third kappa shape index (κ3) is 2.20. The second-order valence-electron chi connectivity index (χ2n) is 5.65. The number of nitrogens with zero attached hydrogens (tertiary/aromatic N) is 3. The lowest BCUT2D eigenvalue weighted by molar-refractivity contribution is 0.0979. The molecular weight excluding hydrogens is 290 g/mol. The largest absolute Gasteiger partial charge is 0.379 e. The van der Waals surface area contributed by atoms with E-state index >= 15 is 0 Å². The average Bonchev–Trinajstić information content (AvgIpc) is 3.24. The van der Waals surface area contributed by atoms with Gasteiger partial charge >= 0.3 is 0 Å². The van der Waals surface area contributed by atoms with Crippen molar-refractivity contribution in [3.63, 3.8) is 0 Å². The number of H-pyrrole nitrogens is 2. The topological polar surface area (TPSA) is 90.5 Å². The lowest BCUT2D eigenvalue weighted by Crippen LogP contribution is -2.24. The Hall–Kier alpha value is -2.99. The number of fused-ring (bicyclic) bond motifs is 1. The van der Waals surface area contributed by atoms with Crippen LogP contribution < -0.4 is 0 Å². The van der Waals surface area contributed by atoms with Crippen LogP contribution in [-0.4, -0.2) is 30.7 Å². The van der Waals surface area contributed by atoms with E-state index in [0.29, 0.717) is 11.4 Å². The standard InChI is InChI=1S/C17H15N5O/c1-17(23,13-5-3-2-4-6-13)16-15(20-22-21-16)11-7-8-14-12(9-11)10-18-19-14/h2-10,23H,1H3,(H,18,19)(H,20,21,22). The normalized spacial score (nSPS) is 14.0. The minimum Gasteiger partial charge on any atom is -0.379 e. The van der Waals surface area contributed by atoms with Gasteiger partial charge in [-0.3, -0.25) is 10.2 Å². The number of benzene rings is 2. The molecule has 114 valence electrons. The molecule has 0 saturated heterocycles. The Kier molecular flexibility index (Phi) is 2.99. The molecule has 6 heteroatoms. The van der Waals surface area contributed by atoms with Crippen LogP contribution in [0.2, 0.25) is 0 Å². The van der Waals surface area contributed by atoms with Crippen molar-refractivity contribution in [2.45, 2.75) is 12.5 Å². The highest BCUT2D eigenvalue weighted by atomic mass is 16.3. The molecule has 1 unspecified atom stereocenters. The number of nitrogens with one attached hydrogen (secondary N) is 2. The van der Waals surface area contributed by atoms with Gasteiger partial charge in [0, 0.05) is 10.9 Å². The summed E-state index contributed by atoms with van der Waals surface area (Å²) in [5.41, 5.74) is 2.57. The molecule has 0 saturated carbocycles. The molecule has 4 rings (SSSR count). The maximum Gasteiger partial charge on any atom is 0.133 e. The number of hydrogen-bond donors (Lipinski definition) is 3.